The maximum Gasteiger partial charge on any atom is 0.416 e. The minimum absolute atomic E-state index is 0.0228. The van der Waals surface area contributed by atoms with Crippen molar-refractivity contribution in [2.75, 3.05) is 7.11 Å². The van der Waals surface area contributed by atoms with Gasteiger partial charge in [-0.05, 0) is 90.6 Å². The maximum absolute atomic E-state index is 14.1. The first-order valence-electron chi connectivity index (χ1n) is 15.3. The SMILES string of the molecule is COc1ccc(-c2ccc(C(=O)O)nc2C)cc1-c1ccc(C(F)(F)F)cc1[C@@H]1CC[C@H]2[C@@H](c3cc(C(F)(F)F)cc(C(F)(F)F)c3)NC(=O)N12. The molecule has 2 aliphatic heterocycles. The summed E-state index contributed by atoms with van der Waals surface area (Å²) >= 11 is 0. The zero-order chi connectivity index (χ0) is 37.2. The predicted molar refractivity (Wildman–Crippen MR) is 164 cm³/mol. The van der Waals surface area contributed by atoms with Crippen molar-refractivity contribution in [2.45, 2.75) is 56.4 Å². The van der Waals surface area contributed by atoms with Crippen LogP contribution in [0.2, 0.25) is 0 Å². The van der Waals surface area contributed by atoms with Gasteiger partial charge < -0.3 is 20.1 Å². The first-order valence-corrected chi connectivity index (χ1v) is 15.3. The average Bonchev–Trinajstić information content (AvgIpc) is 3.63. The van der Waals surface area contributed by atoms with Crippen molar-refractivity contribution in [3.8, 4) is 28.0 Å². The lowest BCUT2D eigenvalue weighted by molar-refractivity contribution is -0.143. The summed E-state index contributed by atoms with van der Waals surface area (Å²) in [5.74, 6) is -1.01. The zero-order valence-electron chi connectivity index (χ0n) is 26.5. The van der Waals surface area contributed by atoms with Gasteiger partial charge in [0.05, 0.1) is 41.9 Å². The van der Waals surface area contributed by atoms with E-state index < -0.39 is 70.9 Å². The summed E-state index contributed by atoms with van der Waals surface area (Å²) < 4.78 is 130. The number of nitrogens with one attached hydrogen (secondary N) is 1. The monoisotopic (exact) mass is 723 g/mol. The third-order valence-corrected chi connectivity index (χ3v) is 9.14. The fraction of sp³-hybridized carbons (Fsp3) is 0.286. The van der Waals surface area contributed by atoms with Crippen molar-refractivity contribution in [1.82, 2.24) is 15.2 Å². The van der Waals surface area contributed by atoms with Gasteiger partial charge in [0.1, 0.15) is 11.4 Å². The van der Waals surface area contributed by atoms with Gasteiger partial charge in [0.25, 0.3) is 0 Å². The van der Waals surface area contributed by atoms with Gasteiger partial charge in [-0.3, -0.25) is 0 Å². The van der Waals surface area contributed by atoms with E-state index in [0.29, 0.717) is 34.5 Å². The number of carboxylic acid groups (broad SMARTS) is 1. The number of hydrogen-bond acceptors (Lipinski definition) is 4. The number of alkyl halides is 9. The number of aromatic carboxylic acids is 1. The quantitative estimate of drug-likeness (QED) is 0.194. The van der Waals surface area contributed by atoms with E-state index in [1.807, 2.05) is 0 Å². The summed E-state index contributed by atoms with van der Waals surface area (Å²) in [5.41, 5.74) is -2.92. The molecular formula is C35H26F9N3O4. The highest BCUT2D eigenvalue weighted by Gasteiger charge is 2.50. The van der Waals surface area contributed by atoms with Gasteiger partial charge in [0.2, 0.25) is 0 Å². The summed E-state index contributed by atoms with van der Waals surface area (Å²) in [5, 5.41) is 11.8. The van der Waals surface area contributed by atoms with Gasteiger partial charge in [-0.15, -0.1) is 0 Å². The second-order valence-electron chi connectivity index (χ2n) is 12.2. The Morgan fingerprint density at radius 3 is 2.00 bits per heavy atom. The van der Waals surface area contributed by atoms with Crippen LogP contribution in [0.15, 0.2) is 66.7 Å². The lowest BCUT2D eigenvalue weighted by atomic mass is 9.89. The molecular weight excluding hydrogens is 697 g/mol. The van der Waals surface area contributed by atoms with Crippen molar-refractivity contribution in [2.24, 2.45) is 0 Å². The highest BCUT2D eigenvalue weighted by Crippen LogP contribution is 2.50. The number of pyridine rings is 1. The second-order valence-corrected chi connectivity index (χ2v) is 12.2. The van der Waals surface area contributed by atoms with E-state index in [2.05, 4.69) is 10.3 Å². The molecule has 2 N–H and O–H groups in total. The number of amides is 2. The number of aromatic nitrogens is 1. The molecule has 268 valence electrons. The first-order chi connectivity index (χ1) is 23.8. The van der Waals surface area contributed by atoms with Crippen molar-refractivity contribution in [3.63, 3.8) is 0 Å². The van der Waals surface area contributed by atoms with Gasteiger partial charge in [-0.2, -0.15) is 39.5 Å². The summed E-state index contributed by atoms with van der Waals surface area (Å²) in [6.45, 7) is 1.58. The number of carbonyl (C=O) groups is 2. The summed E-state index contributed by atoms with van der Waals surface area (Å²) in [6.07, 6.45) is -15.0. The van der Waals surface area contributed by atoms with E-state index in [1.54, 1.807) is 25.1 Å². The van der Waals surface area contributed by atoms with E-state index in [4.69, 9.17) is 4.74 Å². The summed E-state index contributed by atoms with van der Waals surface area (Å²) in [6, 6.07) is 7.32. The number of rotatable bonds is 6. The van der Waals surface area contributed by atoms with E-state index in [0.717, 1.165) is 12.1 Å². The van der Waals surface area contributed by atoms with Crippen LogP contribution in [-0.2, 0) is 18.5 Å². The largest absolute Gasteiger partial charge is 0.496 e. The molecule has 3 aromatic carbocycles. The van der Waals surface area contributed by atoms with Gasteiger partial charge in [0.15, 0.2) is 0 Å². The molecule has 3 atom stereocenters. The van der Waals surface area contributed by atoms with Crippen LogP contribution in [0.3, 0.4) is 0 Å². The van der Waals surface area contributed by atoms with E-state index in [-0.39, 0.29) is 41.5 Å². The minimum Gasteiger partial charge on any atom is -0.496 e. The Labute approximate surface area is 283 Å². The van der Waals surface area contributed by atoms with E-state index in [9.17, 15) is 54.2 Å². The number of halogens is 9. The van der Waals surface area contributed by atoms with Crippen LogP contribution >= 0.6 is 0 Å². The molecule has 0 unspecified atom stereocenters. The van der Waals surface area contributed by atoms with Crippen molar-refractivity contribution in [3.05, 3.63) is 106 Å². The molecule has 2 amide bonds. The molecule has 16 heteroatoms. The number of hydrogen-bond donors (Lipinski definition) is 2. The number of carbonyl (C=O) groups excluding carboxylic acids is 1. The maximum atomic E-state index is 14.1. The third-order valence-electron chi connectivity index (χ3n) is 9.14. The number of methoxy groups -OCH3 is 1. The van der Waals surface area contributed by atoms with Gasteiger partial charge >= 0.3 is 30.5 Å². The number of carboxylic acids is 1. The topological polar surface area (TPSA) is 91.8 Å². The van der Waals surface area contributed by atoms with Crippen LogP contribution in [0.5, 0.6) is 5.75 Å². The fourth-order valence-corrected chi connectivity index (χ4v) is 6.86. The fourth-order valence-electron chi connectivity index (χ4n) is 6.86. The number of urea groups is 1. The Hall–Kier alpha value is -5.28. The van der Waals surface area contributed by atoms with E-state index >= 15 is 0 Å². The molecule has 6 rings (SSSR count). The highest BCUT2D eigenvalue weighted by molar-refractivity contribution is 5.87. The molecule has 0 saturated carbocycles. The molecule has 0 bridgehead atoms. The van der Waals surface area contributed by atoms with Crippen molar-refractivity contribution in [1.29, 1.82) is 0 Å². The molecule has 7 nitrogen and oxygen atoms in total. The van der Waals surface area contributed by atoms with Gasteiger partial charge in [-0.25, -0.2) is 14.6 Å². The Bertz CT molecular complexity index is 2010. The zero-order valence-corrected chi connectivity index (χ0v) is 26.5. The Morgan fingerprint density at radius 1 is 0.804 bits per heavy atom. The summed E-state index contributed by atoms with van der Waals surface area (Å²) in [4.78, 5) is 30.2. The summed E-state index contributed by atoms with van der Waals surface area (Å²) in [7, 11) is 1.34. The lowest BCUT2D eigenvalue weighted by Gasteiger charge is -2.27. The van der Waals surface area contributed by atoms with Gasteiger partial charge in [0, 0.05) is 16.8 Å². The minimum atomic E-state index is -5.13. The van der Waals surface area contributed by atoms with Crippen LogP contribution < -0.4 is 10.1 Å². The molecule has 0 aliphatic carbocycles. The smallest absolute Gasteiger partial charge is 0.416 e. The van der Waals surface area contributed by atoms with Crippen LogP contribution in [0, 0.1) is 6.92 Å². The second kappa shape index (κ2) is 12.5. The average molecular weight is 724 g/mol. The predicted octanol–water partition coefficient (Wildman–Crippen LogP) is 9.46. The lowest BCUT2D eigenvalue weighted by Crippen LogP contribution is -2.32. The van der Waals surface area contributed by atoms with Crippen LogP contribution in [-0.4, -0.2) is 40.1 Å². The number of benzene rings is 3. The normalized spacial score (nSPS) is 19.2. The molecule has 51 heavy (non-hydrogen) atoms. The highest BCUT2D eigenvalue weighted by atomic mass is 19.4. The van der Waals surface area contributed by atoms with Crippen molar-refractivity contribution < 1.29 is 58.9 Å². The molecule has 2 aliphatic rings. The number of ether oxygens (including phenoxy) is 1. The van der Waals surface area contributed by atoms with Gasteiger partial charge in [-0.1, -0.05) is 18.2 Å². The van der Waals surface area contributed by atoms with Crippen LogP contribution in [0.25, 0.3) is 22.3 Å². The Kier molecular flexibility index (Phi) is 8.71. The van der Waals surface area contributed by atoms with Crippen molar-refractivity contribution >= 4 is 12.0 Å². The van der Waals surface area contributed by atoms with Crippen LogP contribution in [0.1, 0.15) is 68.9 Å². The Balaban J connectivity index is 1.46. The molecule has 0 spiro atoms. The number of aryl methyl sites for hydroxylation is 1. The van der Waals surface area contributed by atoms with E-state index in [1.165, 1.54) is 30.2 Å². The molecule has 3 heterocycles. The molecule has 4 aromatic rings. The molecule has 0 radical (unpaired) electrons. The number of fused-ring (bicyclic) bond motifs is 1. The molecule has 2 fully saturated rings. The number of nitrogens with zero attached hydrogens (tertiary/aromatic N) is 2. The first kappa shape index (κ1) is 35.5. The standard InChI is InChI=1S/C35H26F9N3O4/c1-16-22(6-7-26(45-16)31(48)49)17-3-10-29(51-2)25(13-17)23-5-4-19(33(36,37)38)15-24(23)27-8-9-28-30(46-32(50)47(27)28)18-11-20(34(39,40)41)14-21(12-18)35(42,43)44/h3-7,10-15,27-28,30H,8-9H2,1-2H3,(H,46,50)(H,48,49)/t27-,28-,30+/m0/s1. The third kappa shape index (κ3) is 6.66. The van der Waals surface area contributed by atoms with Crippen LogP contribution in [0.4, 0.5) is 44.3 Å². The molecule has 1 aromatic heterocycles. The Morgan fingerprint density at radius 2 is 1.43 bits per heavy atom. The molecule has 2 saturated heterocycles.